The Morgan fingerprint density at radius 1 is 1.67 bits per heavy atom. The minimum Gasteiger partial charge on any atom is -0.394 e. The number of aromatic nitrogens is 1. The molecule has 1 fully saturated rings. The van der Waals surface area contributed by atoms with Crippen LogP contribution in [0.4, 0.5) is 10.2 Å². The molecule has 0 bridgehead atoms. The predicted molar refractivity (Wildman–Crippen MR) is 67.5 cm³/mol. The van der Waals surface area contributed by atoms with E-state index in [1.54, 1.807) is 4.90 Å². The minimum absolute atomic E-state index is 0.102. The lowest BCUT2D eigenvalue weighted by Gasteiger charge is -2.42. The van der Waals surface area contributed by atoms with Crippen molar-refractivity contribution in [1.29, 1.82) is 0 Å². The van der Waals surface area contributed by atoms with Gasteiger partial charge in [-0.05, 0) is 19.9 Å². The number of hydrogen-bond donors (Lipinski definition) is 1. The van der Waals surface area contributed by atoms with Gasteiger partial charge in [0.1, 0.15) is 0 Å². The van der Waals surface area contributed by atoms with E-state index in [-0.39, 0.29) is 23.6 Å². The van der Waals surface area contributed by atoms with Crippen LogP contribution < -0.4 is 4.90 Å². The first-order valence-corrected chi connectivity index (χ1v) is 6.14. The van der Waals surface area contributed by atoms with E-state index in [1.165, 1.54) is 12.3 Å². The molecule has 1 aliphatic heterocycles. The monoisotopic (exact) mass is 274 g/mol. The molecule has 0 saturated carbocycles. The second-order valence-electron chi connectivity index (χ2n) is 5.02. The maximum absolute atomic E-state index is 13.8. The Morgan fingerprint density at radius 2 is 2.39 bits per heavy atom. The fourth-order valence-electron chi connectivity index (χ4n) is 2.19. The van der Waals surface area contributed by atoms with Crippen LogP contribution in [0.3, 0.4) is 0 Å². The Morgan fingerprint density at radius 3 is 3.00 bits per heavy atom. The Balaban J connectivity index is 2.26. The quantitative estimate of drug-likeness (QED) is 0.894. The van der Waals surface area contributed by atoms with Gasteiger partial charge in [-0.2, -0.15) is 0 Å². The number of morpholine rings is 1. The Kier molecular flexibility index (Phi) is 3.75. The van der Waals surface area contributed by atoms with Crippen LogP contribution in [0.15, 0.2) is 12.3 Å². The molecule has 1 N–H and O–H groups in total. The van der Waals surface area contributed by atoms with Gasteiger partial charge in [0.2, 0.25) is 0 Å². The molecule has 1 aliphatic rings. The molecule has 4 nitrogen and oxygen atoms in total. The average molecular weight is 275 g/mol. The zero-order valence-electron chi connectivity index (χ0n) is 10.4. The van der Waals surface area contributed by atoms with E-state index in [2.05, 4.69) is 4.98 Å². The molecular weight excluding hydrogens is 259 g/mol. The summed E-state index contributed by atoms with van der Waals surface area (Å²) in [5.74, 6) is -0.217. The van der Waals surface area contributed by atoms with Crippen molar-refractivity contribution in [3.05, 3.63) is 23.1 Å². The van der Waals surface area contributed by atoms with E-state index in [9.17, 15) is 9.50 Å². The molecule has 1 atom stereocenters. The van der Waals surface area contributed by atoms with E-state index in [4.69, 9.17) is 16.3 Å². The topological polar surface area (TPSA) is 45.6 Å². The van der Waals surface area contributed by atoms with Crippen LogP contribution in [0.5, 0.6) is 0 Å². The molecule has 2 rings (SSSR count). The molecule has 100 valence electrons. The Labute approximate surface area is 110 Å². The van der Waals surface area contributed by atoms with Gasteiger partial charge < -0.3 is 14.7 Å². The van der Waals surface area contributed by atoms with Crippen molar-refractivity contribution >= 4 is 17.4 Å². The predicted octanol–water partition coefficient (Wildman–Crippen LogP) is 1.85. The third-order valence-corrected chi connectivity index (χ3v) is 2.98. The molecule has 1 unspecified atom stereocenters. The summed E-state index contributed by atoms with van der Waals surface area (Å²) in [6, 6.07) is 1.24. The molecule has 2 heterocycles. The van der Waals surface area contributed by atoms with Gasteiger partial charge in [-0.3, -0.25) is 0 Å². The van der Waals surface area contributed by atoms with Gasteiger partial charge in [0, 0.05) is 19.3 Å². The van der Waals surface area contributed by atoms with Gasteiger partial charge in [0.25, 0.3) is 0 Å². The highest BCUT2D eigenvalue weighted by molar-refractivity contribution is 6.30. The van der Waals surface area contributed by atoms with Crippen LogP contribution in [0.2, 0.25) is 5.02 Å². The van der Waals surface area contributed by atoms with Crippen LogP contribution in [0, 0.1) is 5.82 Å². The normalized spacial score (nSPS) is 23.2. The number of rotatable bonds is 2. The summed E-state index contributed by atoms with van der Waals surface area (Å²) in [6.45, 7) is 4.61. The highest BCUT2D eigenvalue weighted by Gasteiger charge is 2.34. The molecule has 1 saturated heterocycles. The second kappa shape index (κ2) is 4.99. The minimum atomic E-state index is -0.461. The first-order chi connectivity index (χ1) is 8.41. The number of aliphatic hydroxyl groups excluding tert-OH is 1. The molecule has 1 aromatic rings. The number of hydrogen-bond acceptors (Lipinski definition) is 4. The summed E-state index contributed by atoms with van der Waals surface area (Å²) in [7, 11) is 0. The van der Waals surface area contributed by atoms with Crippen molar-refractivity contribution in [1.82, 2.24) is 4.98 Å². The highest BCUT2D eigenvalue weighted by atomic mass is 35.5. The standard InChI is InChI=1S/C12H16ClFN2O2/c1-12(2)7-16(5-9(6-17)18-12)11-10(14)3-8(13)4-15-11/h3-4,9,17H,5-7H2,1-2H3. The van der Waals surface area contributed by atoms with Crippen molar-refractivity contribution in [3.8, 4) is 0 Å². The van der Waals surface area contributed by atoms with E-state index in [1.807, 2.05) is 13.8 Å². The van der Waals surface area contributed by atoms with Crippen molar-refractivity contribution < 1.29 is 14.2 Å². The van der Waals surface area contributed by atoms with Gasteiger partial charge in [0.15, 0.2) is 11.6 Å². The fraction of sp³-hybridized carbons (Fsp3) is 0.583. The first kappa shape index (κ1) is 13.5. The van der Waals surface area contributed by atoms with Crippen molar-refractivity contribution in [2.24, 2.45) is 0 Å². The van der Waals surface area contributed by atoms with E-state index >= 15 is 0 Å². The molecule has 1 aromatic heterocycles. The summed E-state index contributed by atoms with van der Waals surface area (Å²) >= 11 is 5.68. The number of ether oxygens (including phenoxy) is 1. The maximum Gasteiger partial charge on any atom is 0.167 e. The van der Waals surface area contributed by atoms with Crippen LogP contribution in [-0.4, -0.2) is 41.5 Å². The van der Waals surface area contributed by atoms with Crippen LogP contribution >= 0.6 is 11.6 Å². The lowest BCUT2D eigenvalue weighted by molar-refractivity contribution is -0.101. The van der Waals surface area contributed by atoms with Crippen molar-refractivity contribution in [3.63, 3.8) is 0 Å². The lowest BCUT2D eigenvalue weighted by Crippen LogP contribution is -2.54. The zero-order valence-corrected chi connectivity index (χ0v) is 11.1. The maximum atomic E-state index is 13.8. The number of anilines is 1. The van der Waals surface area contributed by atoms with Crippen molar-refractivity contribution in [2.45, 2.75) is 25.6 Å². The van der Waals surface area contributed by atoms with Crippen LogP contribution in [0.25, 0.3) is 0 Å². The number of aliphatic hydroxyl groups is 1. The summed E-state index contributed by atoms with van der Waals surface area (Å²) < 4.78 is 19.5. The molecule has 0 aromatic carbocycles. The van der Waals surface area contributed by atoms with Crippen LogP contribution in [0.1, 0.15) is 13.8 Å². The molecular formula is C12H16ClFN2O2. The summed E-state index contributed by atoms with van der Waals surface area (Å²) in [6.07, 6.45) is 1.07. The van der Waals surface area contributed by atoms with Gasteiger partial charge in [-0.15, -0.1) is 0 Å². The summed E-state index contributed by atoms with van der Waals surface area (Å²) in [5.41, 5.74) is -0.459. The third-order valence-electron chi connectivity index (χ3n) is 2.77. The number of nitrogens with zero attached hydrogens (tertiary/aromatic N) is 2. The average Bonchev–Trinajstić information content (AvgIpc) is 2.26. The third kappa shape index (κ3) is 2.91. The smallest absolute Gasteiger partial charge is 0.167 e. The molecule has 18 heavy (non-hydrogen) atoms. The number of pyridine rings is 1. The Bertz CT molecular complexity index is 442. The van der Waals surface area contributed by atoms with E-state index in [0.29, 0.717) is 13.1 Å². The first-order valence-electron chi connectivity index (χ1n) is 5.76. The van der Waals surface area contributed by atoms with E-state index in [0.717, 1.165) is 0 Å². The SMILES string of the molecule is CC1(C)CN(c2ncc(Cl)cc2F)CC(CO)O1. The van der Waals surface area contributed by atoms with Gasteiger partial charge in [-0.25, -0.2) is 9.37 Å². The van der Waals surface area contributed by atoms with Gasteiger partial charge in [-0.1, -0.05) is 11.6 Å². The second-order valence-corrected chi connectivity index (χ2v) is 5.46. The van der Waals surface area contributed by atoms with Gasteiger partial charge in [0.05, 0.1) is 23.3 Å². The molecule has 6 heteroatoms. The van der Waals surface area contributed by atoms with Crippen LogP contribution in [-0.2, 0) is 4.74 Å². The fourth-order valence-corrected chi connectivity index (χ4v) is 2.34. The molecule has 0 aliphatic carbocycles. The summed E-state index contributed by atoms with van der Waals surface area (Å²) in [5, 5.41) is 9.48. The molecule has 0 amide bonds. The highest BCUT2D eigenvalue weighted by Crippen LogP contribution is 2.27. The van der Waals surface area contributed by atoms with E-state index < -0.39 is 11.4 Å². The van der Waals surface area contributed by atoms with Gasteiger partial charge >= 0.3 is 0 Å². The largest absolute Gasteiger partial charge is 0.394 e. The lowest BCUT2D eigenvalue weighted by atomic mass is 10.1. The van der Waals surface area contributed by atoms with Crippen molar-refractivity contribution in [2.75, 3.05) is 24.6 Å². The number of halogens is 2. The Hall–Kier alpha value is -0.910. The summed E-state index contributed by atoms with van der Waals surface area (Å²) in [4.78, 5) is 5.79. The molecule has 0 spiro atoms. The molecule has 0 radical (unpaired) electrons. The zero-order chi connectivity index (χ0) is 13.3.